The number of nitrogens with zero attached hydrogens (tertiary/aromatic N) is 1. The van der Waals surface area contributed by atoms with Crippen LogP contribution in [0.5, 0.6) is 11.5 Å². The van der Waals surface area contributed by atoms with Gasteiger partial charge in [0.1, 0.15) is 16.4 Å². The lowest BCUT2D eigenvalue weighted by atomic mass is 9.91. The number of hydrogen-bond donors (Lipinski definition) is 3. The van der Waals surface area contributed by atoms with E-state index >= 15 is 0 Å². The first-order chi connectivity index (χ1) is 15.7. The molecular formula is C26H30N2O4S. The van der Waals surface area contributed by atoms with Crippen molar-refractivity contribution in [1.29, 1.82) is 0 Å². The standard InChI is InChI=1S/C26H30N2O4S/c1-5-6-7-9-19-15-23(29)24(22-14-18(4)11-12-21(22)17(2)3)25(30)26(19)33(31,32)28-20-10-8-13-27-16-20/h8,10-16,28-30H,2,5-7,9H2,1,3-4H3. The summed E-state index contributed by atoms with van der Waals surface area (Å²) in [7, 11) is -4.18. The highest BCUT2D eigenvalue weighted by atomic mass is 32.2. The predicted octanol–water partition coefficient (Wildman–Crippen LogP) is 6.03. The molecule has 0 amide bonds. The molecule has 2 aromatic carbocycles. The van der Waals surface area contributed by atoms with Crippen molar-refractivity contribution in [3.63, 3.8) is 0 Å². The lowest BCUT2D eigenvalue weighted by Crippen LogP contribution is -2.16. The lowest BCUT2D eigenvalue weighted by molar-refractivity contribution is 0.440. The van der Waals surface area contributed by atoms with Crippen LogP contribution in [0.1, 0.15) is 49.8 Å². The van der Waals surface area contributed by atoms with Gasteiger partial charge in [-0.1, -0.05) is 55.7 Å². The van der Waals surface area contributed by atoms with Crippen LogP contribution in [0.4, 0.5) is 5.69 Å². The second kappa shape index (κ2) is 10.1. The lowest BCUT2D eigenvalue weighted by Gasteiger charge is -2.20. The number of unbranched alkanes of at least 4 members (excludes halogenated alkanes) is 2. The van der Waals surface area contributed by atoms with Crippen molar-refractivity contribution in [2.75, 3.05) is 4.72 Å². The van der Waals surface area contributed by atoms with Crippen molar-refractivity contribution in [3.05, 3.63) is 72.1 Å². The molecule has 0 atom stereocenters. The summed E-state index contributed by atoms with van der Waals surface area (Å²) in [6.45, 7) is 9.76. The number of benzene rings is 2. The third-order valence-electron chi connectivity index (χ3n) is 5.45. The Bertz CT molecular complexity index is 1270. The van der Waals surface area contributed by atoms with Gasteiger partial charge in [0.05, 0.1) is 17.4 Å². The fraction of sp³-hybridized carbons (Fsp3) is 0.269. The van der Waals surface area contributed by atoms with Crippen LogP contribution in [0.15, 0.2) is 60.3 Å². The highest BCUT2D eigenvalue weighted by molar-refractivity contribution is 7.92. The number of pyridine rings is 1. The van der Waals surface area contributed by atoms with Crippen LogP contribution < -0.4 is 4.72 Å². The number of rotatable bonds is 9. The number of sulfonamides is 1. The summed E-state index contributed by atoms with van der Waals surface area (Å²) in [6.07, 6.45) is 5.92. The Kier molecular flexibility index (Phi) is 7.43. The van der Waals surface area contributed by atoms with Crippen molar-refractivity contribution in [1.82, 2.24) is 4.98 Å². The second-order valence-electron chi connectivity index (χ2n) is 8.24. The summed E-state index contributed by atoms with van der Waals surface area (Å²) >= 11 is 0. The minimum atomic E-state index is -4.18. The molecule has 3 N–H and O–H groups in total. The first-order valence-corrected chi connectivity index (χ1v) is 12.4. The Morgan fingerprint density at radius 2 is 1.91 bits per heavy atom. The fourth-order valence-corrected chi connectivity index (χ4v) is 5.27. The summed E-state index contributed by atoms with van der Waals surface area (Å²) in [4.78, 5) is 3.72. The molecule has 0 fully saturated rings. The van der Waals surface area contributed by atoms with Gasteiger partial charge in [0, 0.05) is 6.20 Å². The summed E-state index contributed by atoms with van der Waals surface area (Å²) in [5.74, 6) is -0.654. The Balaban J connectivity index is 2.27. The van der Waals surface area contributed by atoms with E-state index in [-0.39, 0.29) is 21.9 Å². The molecule has 1 aromatic heterocycles. The zero-order chi connectivity index (χ0) is 24.2. The number of aromatic nitrogens is 1. The molecular weight excluding hydrogens is 436 g/mol. The highest BCUT2D eigenvalue weighted by Gasteiger charge is 2.29. The third kappa shape index (κ3) is 5.37. The number of aryl methyl sites for hydroxylation is 2. The zero-order valence-electron chi connectivity index (χ0n) is 19.2. The van der Waals surface area contributed by atoms with E-state index in [1.54, 1.807) is 24.4 Å². The van der Waals surface area contributed by atoms with Crippen molar-refractivity contribution >= 4 is 21.3 Å². The monoisotopic (exact) mass is 466 g/mol. The number of nitrogens with one attached hydrogen (secondary N) is 1. The summed E-state index contributed by atoms with van der Waals surface area (Å²) in [5.41, 5.74) is 3.59. The van der Waals surface area contributed by atoms with E-state index < -0.39 is 15.8 Å². The molecule has 33 heavy (non-hydrogen) atoms. The molecule has 6 nitrogen and oxygen atoms in total. The van der Waals surface area contributed by atoms with Gasteiger partial charge in [0.25, 0.3) is 10.0 Å². The molecule has 7 heteroatoms. The highest BCUT2D eigenvalue weighted by Crippen LogP contribution is 2.46. The van der Waals surface area contributed by atoms with Gasteiger partial charge in [-0.15, -0.1) is 0 Å². The average Bonchev–Trinajstić information content (AvgIpc) is 2.73. The van der Waals surface area contributed by atoms with E-state index in [0.29, 0.717) is 23.1 Å². The topological polar surface area (TPSA) is 99.5 Å². The molecule has 0 aliphatic rings. The van der Waals surface area contributed by atoms with Crippen LogP contribution in [0.2, 0.25) is 0 Å². The van der Waals surface area contributed by atoms with E-state index in [1.165, 1.54) is 12.3 Å². The largest absolute Gasteiger partial charge is 0.507 e. The summed E-state index contributed by atoms with van der Waals surface area (Å²) in [6, 6.07) is 10.2. The van der Waals surface area contributed by atoms with E-state index in [4.69, 9.17) is 0 Å². The van der Waals surface area contributed by atoms with Gasteiger partial charge < -0.3 is 10.2 Å². The molecule has 174 valence electrons. The van der Waals surface area contributed by atoms with E-state index in [2.05, 4.69) is 23.2 Å². The molecule has 0 saturated heterocycles. The fourth-order valence-electron chi connectivity index (χ4n) is 3.87. The molecule has 1 heterocycles. The Morgan fingerprint density at radius 3 is 2.55 bits per heavy atom. The predicted molar refractivity (Wildman–Crippen MR) is 133 cm³/mol. The first kappa shape index (κ1) is 24.3. The van der Waals surface area contributed by atoms with Crippen LogP contribution in [-0.2, 0) is 16.4 Å². The smallest absolute Gasteiger partial charge is 0.265 e. The van der Waals surface area contributed by atoms with Crippen molar-refractivity contribution in [2.24, 2.45) is 0 Å². The van der Waals surface area contributed by atoms with Crippen molar-refractivity contribution in [2.45, 2.75) is 51.3 Å². The molecule has 0 unspecified atom stereocenters. The molecule has 0 spiro atoms. The van der Waals surface area contributed by atoms with E-state index in [1.807, 2.05) is 26.0 Å². The normalized spacial score (nSPS) is 11.4. The third-order valence-corrected chi connectivity index (χ3v) is 6.94. The van der Waals surface area contributed by atoms with Gasteiger partial charge >= 0.3 is 0 Å². The molecule has 3 rings (SSSR count). The number of allylic oxidation sites excluding steroid dienone is 1. The van der Waals surface area contributed by atoms with Crippen LogP contribution in [0, 0.1) is 6.92 Å². The minimum Gasteiger partial charge on any atom is -0.507 e. The SMILES string of the molecule is C=C(C)c1ccc(C)cc1-c1c(O)cc(CCCCC)c(S(=O)(=O)Nc2cccnc2)c1O. The number of anilines is 1. The van der Waals surface area contributed by atoms with Gasteiger partial charge in [0.2, 0.25) is 0 Å². The molecule has 0 saturated carbocycles. The minimum absolute atomic E-state index is 0.0718. The van der Waals surface area contributed by atoms with Crippen LogP contribution in [0.25, 0.3) is 16.7 Å². The van der Waals surface area contributed by atoms with Gasteiger partial charge in [-0.2, -0.15) is 0 Å². The molecule has 0 aliphatic carbocycles. The van der Waals surface area contributed by atoms with E-state index in [9.17, 15) is 18.6 Å². The number of phenols is 2. The van der Waals surface area contributed by atoms with Gasteiger partial charge in [-0.05, 0) is 61.6 Å². The van der Waals surface area contributed by atoms with Crippen molar-refractivity contribution in [3.8, 4) is 22.6 Å². The molecule has 0 bridgehead atoms. The summed E-state index contributed by atoms with van der Waals surface area (Å²) < 4.78 is 29.4. The Labute approximate surface area is 195 Å². The zero-order valence-corrected chi connectivity index (χ0v) is 20.0. The molecule has 0 aliphatic heterocycles. The average molecular weight is 467 g/mol. The Morgan fingerprint density at radius 1 is 1.15 bits per heavy atom. The number of aromatic hydroxyl groups is 2. The Hall–Kier alpha value is -3.32. The number of hydrogen-bond acceptors (Lipinski definition) is 5. The number of phenolic OH excluding ortho intramolecular Hbond substituents is 2. The maximum atomic E-state index is 13.5. The van der Waals surface area contributed by atoms with Crippen molar-refractivity contribution < 1.29 is 18.6 Å². The van der Waals surface area contributed by atoms with Gasteiger partial charge in [-0.3, -0.25) is 9.71 Å². The first-order valence-electron chi connectivity index (χ1n) is 10.9. The maximum Gasteiger partial charge on any atom is 0.265 e. The molecule has 3 aromatic rings. The quantitative estimate of drug-likeness (QED) is 0.334. The van der Waals surface area contributed by atoms with Crippen LogP contribution in [-0.4, -0.2) is 23.6 Å². The van der Waals surface area contributed by atoms with Gasteiger partial charge in [0.15, 0.2) is 0 Å². The molecule has 0 radical (unpaired) electrons. The van der Waals surface area contributed by atoms with Crippen LogP contribution in [0.3, 0.4) is 0 Å². The maximum absolute atomic E-state index is 13.5. The van der Waals surface area contributed by atoms with Crippen LogP contribution >= 0.6 is 0 Å². The summed E-state index contributed by atoms with van der Waals surface area (Å²) in [5, 5.41) is 22.3. The van der Waals surface area contributed by atoms with E-state index in [0.717, 1.165) is 30.4 Å². The van der Waals surface area contributed by atoms with Gasteiger partial charge in [-0.25, -0.2) is 8.42 Å². The second-order valence-corrected chi connectivity index (χ2v) is 9.86.